The summed E-state index contributed by atoms with van der Waals surface area (Å²) in [7, 11) is -5.17. The smallest absolute Gasteiger partial charge is 0.759 e. The molecule has 74 valence electrons. The summed E-state index contributed by atoms with van der Waals surface area (Å²) in [5.41, 5.74) is 0.965. The van der Waals surface area contributed by atoms with Crippen molar-refractivity contribution in [3.05, 3.63) is 35.9 Å². The molecule has 0 spiro atoms. The van der Waals surface area contributed by atoms with Gasteiger partial charge in [0.05, 0.1) is 6.61 Å². The molecule has 0 amide bonds. The second kappa shape index (κ2) is 8.37. The topological polar surface area (TPSA) is 100 Å². The zero-order valence-electron chi connectivity index (χ0n) is 7.58. The van der Waals surface area contributed by atoms with Gasteiger partial charge in [-0.05, 0) is 5.56 Å². The Bertz CT molecular complexity index is 315. The van der Waals surface area contributed by atoms with Crippen LogP contribution >= 0.6 is 0 Å². The molecule has 0 aliphatic carbocycles. The molecule has 0 unspecified atom stereocenters. The van der Waals surface area contributed by atoms with E-state index in [1.807, 2.05) is 30.3 Å². The van der Waals surface area contributed by atoms with Crippen molar-refractivity contribution in [3.8, 4) is 0 Å². The minimum atomic E-state index is -5.17. The second-order valence-electron chi connectivity index (χ2n) is 2.05. The summed E-state index contributed by atoms with van der Waals surface area (Å²) in [6.07, 6.45) is 0. The van der Waals surface area contributed by atoms with Crippen LogP contribution in [0.4, 0.5) is 0 Å². The normalized spacial score (nSPS) is 9.36. The Morgan fingerprint density at radius 2 is 1.50 bits per heavy atom. The quantitative estimate of drug-likeness (QED) is 0.310. The molecule has 1 aromatic rings. The van der Waals surface area contributed by atoms with Gasteiger partial charge in [-0.2, -0.15) is 0 Å². The van der Waals surface area contributed by atoms with Crippen molar-refractivity contribution >= 4 is 10.4 Å². The molecule has 0 fully saturated rings. The van der Waals surface area contributed by atoms with Crippen LogP contribution in [0.1, 0.15) is 5.56 Å². The van der Waals surface area contributed by atoms with E-state index in [1.54, 1.807) is 0 Å². The van der Waals surface area contributed by atoms with Crippen molar-refractivity contribution in [1.82, 2.24) is 0 Å². The molecule has 1 rings (SSSR count). The standard InChI is InChI=1S/C7H8O.Na.H2O4S/c8-6-7-4-2-1-3-5-7;;1-5(2,3)4/h1-5,8H,6H2;;(H2,1,2,3,4)/q;+1;/p-2. The van der Waals surface area contributed by atoms with E-state index in [0.717, 1.165) is 5.56 Å². The first-order valence-electron chi connectivity index (χ1n) is 3.25. The fourth-order valence-corrected chi connectivity index (χ4v) is 0.583. The van der Waals surface area contributed by atoms with E-state index in [2.05, 4.69) is 0 Å². The van der Waals surface area contributed by atoms with E-state index in [9.17, 15) is 0 Å². The maximum atomic E-state index is 8.54. The van der Waals surface area contributed by atoms with Crippen LogP contribution in [0.25, 0.3) is 0 Å². The van der Waals surface area contributed by atoms with Gasteiger partial charge < -0.3 is 14.2 Å². The molecule has 1 N–H and O–H groups in total. The Kier molecular flexibility index (Phi) is 9.85. The van der Waals surface area contributed by atoms with Crippen LogP contribution in [0.3, 0.4) is 0 Å². The minimum Gasteiger partial charge on any atom is -0.759 e. The van der Waals surface area contributed by atoms with E-state index in [1.165, 1.54) is 0 Å². The van der Waals surface area contributed by atoms with Crippen molar-refractivity contribution < 1.29 is 52.2 Å². The second-order valence-corrected chi connectivity index (χ2v) is 2.87. The molecule has 0 radical (unpaired) electrons. The maximum absolute atomic E-state index is 8.54. The fourth-order valence-electron chi connectivity index (χ4n) is 0.583. The average Bonchev–Trinajstić information content (AvgIpc) is 2.03. The van der Waals surface area contributed by atoms with Gasteiger partial charge in [0.25, 0.3) is 0 Å². The van der Waals surface area contributed by atoms with E-state index in [-0.39, 0.29) is 36.2 Å². The van der Waals surface area contributed by atoms with E-state index in [4.69, 9.17) is 22.6 Å². The SMILES string of the molecule is O=S(=O)([O-])[O-].OCc1ccccc1.[Na+]. The van der Waals surface area contributed by atoms with Gasteiger partial charge in [-0.15, -0.1) is 0 Å². The number of aliphatic hydroxyl groups is 1. The third kappa shape index (κ3) is 14.6. The van der Waals surface area contributed by atoms with Crippen LogP contribution < -0.4 is 29.6 Å². The zero-order valence-corrected chi connectivity index (χ0v) is 10.4. The molecular weight excluding hydrogens is 219 g/mol. The van der Waals surface area contributed by atoms with Gasteiger partial charge in [0, 0.05) is 10.4 Å². The van der Waals surface area contributed by atoms with E-state index >= 15 is 0 Å². The summed E-state index contributed by atoms with van der Waals surface area (Å²) in [6, 6.07) is 9.52. The third-order valence-corrected chi connectivity index (χ3v) is 1.03. The summed E-state index contributed by atoms with van der Waals surface area (Å²) in [6.45, 7) is 0.140. The zero-order chi connectivity index (χ0) is 10.3. The molecule has 0 aliphatic heterocycles. The van der Waals surface area contributed by atoms with Gasteiger partial charge in [0.1, 0.15) is 0 Å². The molecule has 14 heavy (non-hydrogen) atoms. The largest absolute Gasteiger partial charge is 1.00 e. The third-order valence-electron chi connectivity index (χ3n) is 1.03. The average molecular weight is 227 g/mol. The number of rotatable bonds is 1. The van der Waals surface area contributed by atoms with Crippen LogP contribution in [0.5, 0.6) is 0 Å². The van der Waals surface area contributed by atoms with Crippen molar-refractivity contribution in [3.63, 3.8) is 0 Å². The molecule has 0 saturated heterocycles. The van der Waals surface area contributed by atoms with Crippen molar-refractivity contribution in [1.29, 1.82) is 0 Å². The summed E-state index contributed by atoms with van der Waals surface area (Å²) in [5.74, 6) is 0. The molecule has 0 heterocycles. The van der Waals surface area contributed by atoms with Crippen LogP contribution in [0.15, 0.2) is 30.3 Å². The minimum absolute atomic E-state index is 0. The number of benzene rings is 1. The monoisotopic (exact) mass is 227 g/mol. The predicted octanol–water partition coefficient (Wildman–Crippen LogP) is -3.16. The fraction of sp³-hybridized carbons (Fsp3) is 0.143. The Hall–Kier alpha value is 0.0500. The van der Waals surface area contributed by atoms with Crippen LogP contribution in [0.2, 0.25) is 0 Å². The van der Waals surface area contributed by atoms with Gasteiger partial charge in [-0.3, -0.25) is 8.42 Å². The van der Waals surface area contributed by atoms with E-state index in [0.29, 0.717) is 0 Å². The molecule has 0 aliphatic rings. The van der Waals surface area contributed by atoms with E-state index < -0.39 is 10.4 Å². The summed E-state index contributed by atoms with van der Waals surface area (Å²) >= 11 is 0. The van der Waals surface area contributed by atoms with Crippen LogP contribution in [0, 0.1) is 0 Å². The number of hydrogen-bond acceptors (Lipinski definition) is 5. The molecule has 0 saturated carbocycles. The van der Waals surface area contributed by atoms with Crippen molar-refractivity contribution in [2.45, 2.75) is 6.61 Å². The molecule has 0 aromatic heterocycles. The first-order chi connectivity index (χ1) is 5.93. The Morgan fingerprint density at radius 1 is 1.14 bits per heavy atom. The summed E-state index contributed by atoms with van der Waals surface area (Å²) in [5, 5.41) is 8.54. The van der Waals surface area contributed by atoms with Gasteiger partial charge in [-0.1, -0.05) is 30.3 Å². The number of aliphatic hydroxyl groups excluding tert-OH is 1. The molecular formula is C7H8NaO5S-. The molecule has 5 nitrogen and oxygen atoms in total. The van der Waals surface area contributed by atoms with Gasteiger partial charge in [0.2, 0.25) is 0 Å². The molecule has 7 heteroatoms. The summed E-state index contributed by atoms with van der Waals surface area (Å²) in [4.78, 5) is 0. The van der Waals surface area contributed by atoms with Crippen LogP contribution in [-0.2, 0) is 17.0 Å². The maximum Gasteiger partial charge on any atom is 1.00 e. The first kappa shape index (κ1) is 16.5. The van der Waals surface area contributed by atoms with Crippen molar-refractivity contribution in [2.24, 2.45) is 0 Å². The molecule has 0 bridgehead atoms. The Morgan fingerprint density at radius 3 is 1.71 bits per heavy atom. The Labute approximate surface area is 105 Å². The van der Waals surface area contributed by atoms with Gasteiger partial charge in [0.15, 0.2) is 0 Å². The van der Waals surface area contributed by atoms with Gasteiger partial charge in [-0.25, -0.2) is 0 Å². The molecule has 0 atom stereocenters. The Balaban J connectivity index is 0. The molecule has 1 aromatic carbocycles. The van der Waals surface area contributed by atoms with Gasteiger partial charge >= 0.3 is 29.6 Å². The summed E-state index contributed by atoms with van der Waals surface area (Å²) < 4.78 is 34.1. The predicted molar refractivity (Wildman–Crippen MR) is 42.8 cm³/mol. The van der Waals surface area contributed by atoms with Crippen molar-refractivity contribution in [2.75, 3.05) is 0 Å². The van der Waals surface area contributed by atoms with Crippen LogP contribution in [-0.4, -0.2) is 22.6 Å². The first-order valence-corrected chi connectivity index (χ1v) is 4.58. The number of hydrogen-bond donors (Lipinski definition) is 1.